The smallest absolute Gasteiger partial charge is 0.0410 e. The van der Waals surface area contributed by atoms with Gasteiger partial charge in [-0.2, -0.15) is 11.3 Å². The van der Waals surface area contributed by atoms with Crippen molar-refractivity contribution in [3.05, 3.63) is 54.7 Å². The van der Waals surface area contributed by atoms with Crippen LogP contribution in [0.4, 0.5) is 0 Å². The van der Waals surface area contributed by atoms with Gasteiger partial charge in [0.15, 0.2) is 0 Å². The van der Waals surface area contributed by atoms with Crippen LogP contribution in [0.2, 0.25) is 5.02 Å². The summed E-state index contributed by atoms with van der Waals surface area (Å²) in [5, 5.41) is 8.69. The third-order valence-corrected chi connectivity index (χ3v) is 4.75. The summed E-state index contributed by atoms with van der Waals surface area (Å²) in [5.41, 5.74) is 2.66. The van der Waals surface area contributed by atoms with Crippen LogP contribution in [0.5, 0.6) is 0 Å². The maximum absolute atomic E-state index is 6.11. The molecular formula is C14H15ClINS. The Morgan fingerprint density at radius 1 is 1.39 bits per heavy atom. The van der Waals surface area contributed by atoms with Crippen molar-refractivity contribution in [3.63, 3.8) is 0 Å². The Bertz CT molecular complexity index is 499. The van der Waals surface area contributed by atoms with Crippen molar-refractivity contribution in [2.24, 2.45) is 0 Å². The Balaban J connectivity index is 2.26. The zero-order valence-corrected chi connectivity index (χ0v) is 13.8. The fraction of sp³-hybridized carbons (Fsp3) is 0.286. The maximum Gasteiger partial charge on any atom is 0.0410 e. The third kappa shape index (κ3) is 3.70. The van der Waals surface area contributed by atoms with Gasteiger partial charge in [-0.05, 0) is 81.7 Å². The highest BCUT2D eigenvalue weighted by Gasteiger charge is 2.14. The van der Waals surface area contributed by atoms with E-state index in [-0.39, 0.29) is 0 Å². The van der Waals surface area contributed by atoms with E-state index in [4.69, 9.17) is 11.6 Å². The van der Waals surface area contributed by atoms with E-state index in [9.17, 15) is 0 Å². The summed E-state index contributed by atoms with van der Waals surface area (Å²) in [5.74, 6) is 0. The fourth-order valence-corrected chi connectivity index (χ4v) is 3.54. The van der Waals surface area contributed by atoms with Gasteiger partial charge in [-0.1, -0.05) is 18.5 Å². The van der Waals surface area contributed by atoms with Gasteiger partial charge in [-0.25, -0.2) is 0 Å². The lowest BCUT2D eigenvalue weighted by Crippen LogP contribution is -2.23. The lowest BCUT2D eigenvalue weighted by atomic mass is 10.0. The number of benzene rings is 1. The topological polar surface area (TPSA) is 12.0 Å². The van der Waals surface area contributed by atoms with Crippen molar-refractivity contribution in [3.8, 4) is 0 Å². The average Bonchev–Trinajstić information content (AvgIpc) is 2.85. The first-order valence-corrected chi connectivity index (χ1v) is 8.30. The number of hydrogen-bond acceptors (Lipinski definition) is 2. The summed E-state index contributed by atoms with van der Waals surface area (Å²) in [4.78, 5) is 0. The average molecular weight is 392 g/mol. The van der Waals surface area contributed by atoms with E-state index >= 15 is 0 Å². The van der Waals surface area contributed by atoms with Crippen molar-refractivity contribution < 1.29 is 0 Å². The molecule has 0 aliphatic carbocycles. The van der Waals surface area contributed by atoms with Crippen molar-refractivity contribution in [2.75, 3.05) is 6.54 Å². The first-order valence-electron chi connectivity index (χ1n) is 5.90. The van der Waals surface area contributed by atoms with Crippen LogP contribution in [0.3, 0.4) is 0 Å². The molecule has 0 radical (unpaired) electrons. The highest BCUT2D eigenvalue weighted by molar-refractivity contribution is 14.1. The van der Waals surface area contributed by atoms with Crippen LogP contribution in [0, 0.1) is 3.57 Å². The lowest BCUT2D eigenvalue weighted by molar-refractivity contribution is 0.548. The SMILES string of the molecule is CCNC(Cc1ccsc1)c1cc(Cl)ccc1I. The molecule has 2 aromatic rings. The molecule has 18 heavy (non-hydrogen) atoms. The van der Waals surface area contributed by atoms with E-state index in [2.05, 4.69) is 63.8 Å². The van der Waals surface area contributed by atoms with E-state index in [1.165, 1.54) is 14.7 Å². The highest BCUT2D eigenvalue weighted by atomic mass is 127. The second-order valence-electron chi connectivity index (χ2n) is 4.11. The van der Waals surface area contributed by atoms with E-state index in [1.807, 2.05) is 6.07 Å². The van der Waals surface area contributed by atoms with Gasteiger partial charge in [-0.15, -0.1) is 0 Å². The van der Waals surface area contributed by atoms with E-state index in [0.717, 1.165) is 18.0 Å². The quantitative estimate of drug-likeness (QED) is 0.715. The summed E-state index contributed by atoms with van der Waals surface area (Å²) in [6, 6.07) is 8.61. The number of hydrogen-bond donors (Lipinski definition) is 1. The van der Waals surface area contributed by atoms with Gasteiger partial charge >= 0.3 is 0 Å². The minimum Gasteiger partial charge on any atom is -0.310 e. The van der Waals surface area contributed by atoms with Crippen LogP contribution < -0.4 is 5.32 Å². The number of likely N-dealkylation sites (N-methyl/N-ethyl adjacent to an activating group) is 1. The Labute approximate surface area is 131 Å². The monoisotopic (exact) mass is 391 g/mol. The maximum atomic E-state index is 6.11. The Morgan fingerprint density at radius 3 is 2.89 bits per heavy atom. The Morgan fingerprint density at radius 2 is 2.22 bits per heavy atom. The zero-order chi connectivity index (χ0) is 13.0. The molecule has 2 rings (SSSR count). The minimum atomic E-state index is 0.329. The van der Waals surface area contributed by atoms with Crippen LogP contribution in [-0.2, 0) is 6.42 Å². The number of thiophene rings is 1. The zero-order valence-electron chi connectivity index (χ0n) is 10.1. The molecule has 0 aliphatic heterocycles. The molecule has 1 aromatic carbocycles. The van der Waals surface area contributed by atoms with E-state index in [0.29, 0.717) is 6.04 Å². The first-order chi connectivity index (χ1) is 8.70. The number of nitrogens with one attached hydrogen (secondary N) is 1. The van der Waals surface area contributed by atoms with Crippen molar-refractivity contribution in [2.45, 2.75) is 19.4 Å². The van der Waals surface area contributed by atoms with Gasteiger partial charge in [-0.3, -0.25) is 0 Å². The van der Waals surface area contributed by atoms with Crippen LogP contribution in [0.25, 0.3) is 0 Å². The minimum absolute atomic E-state index is 0.329. The molecule has 1 heterocycles. The first kappa shape index (κ1) is 14.3. The molecule has 0 bridgehead atoms. The molecule has 0 spiro atoms. The lowest BCUT2D eigenvalue weighted by Gasteiger charge is -2.19. The van der Waals surface area contributed by atoms with Gasteiger partial charge in [0.2, 0.25) is 0 Å². The van der Waals surface area contributed by atoms with E-state index in [1.54, 1.807) is 11.3 Å². The predicted molar refractivity (Wildman–Crippen MR) is 88.6 cm³/mol. The van der Waals surface area contributed by atoms with Gasteiger partial charge < -0.3 is 5.32 Å². The van der Waals surface area contributed by atoms with Gasteiger partial charge in [0.1, 0.15) is 0 Å². The molecule has 1 unspecified atom stereocenters. The molecule has 0 amide bonds. The normalized spacial score (nSPS) is 12.6. The largest absolute Gasteiger partial charge is 0.310 e. The van der Waals surface area contributed by atoms with Crippen LogP contribution in [-0.4, -0.2) is 6.54 Å². The van der Waals surface area contributed by atoms with Crippen molar-refractivity contribution >= 4 is 45.5 Å². The van der Waals surface area contributed by atoms with Gasteiger partial charge in [0.05, 0.1) is 0 Å². The fourth-order valence-electron chi connectivity index (χ4n) is 1.96. The van der Waals surface area contributed by atoms with Crippen LogP contribution >= 0.6 is 45.5 Å². The Kier molecular flexibility index (Phi) is 5.48. The molecule has 0 saturated carbocycles. The summed E-state index contributed by atoms with van der Waals surface area (Å²) >= 11 is 10.2. The molecule has 0 saturated heterocycles. The predicted octanol–water partition coefficient (Wildman–Crippen LogP) is 4.90. The summed E-state index contributed by atoms with van der Waals surface area (Å²) < 4.78 is 1.26. The summed E-state index contributed by atoms with van der Waals surface area (Å²) in [7, 11) is 0. The third-order valence-electron chi connectivity index (χ3n) is 2.80. The van der Waals surface area contributed by atoms with Crippen molar-refractivity contribution in [1.82, 2.24) is 5.32 Å². The molecule has 4 heteroatoms. The molecule has 1 atom stereocenters. The molecule has 0 aliphatic rings. The molecule has 1 aromatic heterocycles. The summed E-state index contributed by atoms with van der Waals surface area (Å²) in [6.07, 6.45) is 1.01. The molecular weight excluding hydrogens is 377 g/mol. The summed E-state index contributed by atoms with van der Waals surface area (Å²) in [6.45, 7) is 3.09. The van der Waals surface area contributed by atoms with Crippen molar-refractivity contribution in [1.29, 1.82) is 0 Å². The van der Waals surface area contributed by atoms with Gasteiger partial charge in [0.25, 0.3) is 0 Å². The molecule has 1 N–H and O–H groups in total. The molecule has 96 valence electrons. The second kappa shape index (κ2) is 6.89. The van der Waals surface area contributed by atoms with Crippen LogP contribution in [0.15, 0.2) is 35.0 Å². The standard InChI is InChI=1S/C14H15ClINS/c1-2-17-14(7-10-5-6-18-9-10)12-8-11(15)3-4-13(12)16/h3-6,8-9,14,17H,2,7H2,1H3. The van der Waals surface area contributed by atoms with Gasteiger partial charge in [0, 0.05) is 14.6 Å². The van der Waals surface area contributed by atoms with E-state index < -0.39 is 0 Å². The molecule has 1 nitrogen and oxygen atoms in total. The number of halogens is 2. The highest BCUT2D eigenvalue weighted by Crippen LogP contribution is 2.27. The van der Waals surface area contributed by atoms with Crippen LogP contribution in [0.1, 0.15) is 24.1 Å². The Hall–Kier alpha value is -0.100. The number of rotatable bonds is 5. The second-order valence-corrected chi connectivity index (χ2v) is 6.49. The molecule has 0 fully saturated rings.